The molecule has 4 heterocycles. The van der Waals surface area contributed by atoms with E-state index in [1.165, 1.54) is 6.39 Å². The number of nitrogens with one attached hydrogen (secondary N) is 1. The number of oxazole rings is 1. The number of aromatic nitrogens is 1. The molecule has 2 bridgehead atoms. The Morgan fingerprint density at radius 1 is 1.24 bits per heavy atom. The van der Waals surface area contributed by atoms with Crippen LogP contribution < -0.4 is 5.32 Å². The van der Waals surface area contributed by atoms with Crippen LogP contribution in [-0.2, 0) is 16.0 Å². The molecule has 2 aromatic rings. The van der Waals surface area contributed by atoms with Gasteiger partial charge in [-0.2, -0.15) is 0 Å². The lowest BCUT2D eigenvalue weighted by molar-refractivity contribution is -0.140. The van der Waals surface area contributed by atoms with Crippen molar-refractivity contribution in [3.63, 3.8) is 0 Å². The first kappa shape index (κ1) is 18.4. The molecule has 0 radical (unpaired) electrons. The molecule has 7 heteroatoms. The molecule has 0 saturated carbocycles. The highest BCUT2D eigenvalue weighted by molar-refractivity contribution is 5.96. The third-order valence-electron chi connectivity index (χ3n) is 6.51. The molecule has 3 aliphatic rings. The van der Waals surface area contributed by atoms with Crippen LogP contribution >= 0.6 is 0 Å². The van der Waals surface area contributed by atoms with E-state index in [0.717, 1.165) is 24.8 Å². The summed E-state index contributed by atoms with van der Waals surface area (Å²) in [7, 11) is 0. The van der Waals surface area contributed by atoms with Gasteiger partial charge >= 0.3 is 0 Å². The molecule has 7 nitrogen and oxygen atoms in total. The van der Waals surface area contributed by atoms with Crippen molar-refractivity contribution in [3.8, 4) is 0 Å². The molecule has 0 unspecified atom stereocenters. The van der Waals surface area contributed by atoms with Gasteiger partial charge < -0.3 is 19.4 Å². The normalized spacial score (nSPS) is 26.9. The Morgan fingerprint density at radius 2 is 2.03 bits per heavy atom. The molecule has 1 N–H and O–H groups in total. The molecule has 2 amide bonds. The van der Waals surface area contributed by atoms with Crippen molar-refractivity contribution in [2.75, 3.05) is 13.1 Å². The highest BCUT2D eigenvalue weighted by Gasteiger charge is 2.53. The third kappa shape index (κ3) is 3.23. The van der Waals surface area contributed by atoms with Crippen molar-refractivity contribution >= 4 is 11.8 Å². The zero-order valence-corrected chi connectivity index (χ0v) is 16.5. The van der Waals surface area contributed by atoms with Gasteiger partial charge in [-0.15, -0.1) is 0 Å². The van der Waals surface area contributed by atoms with Crippen LogP contribution in [0.25, 0.3) is 0 Å². The Hall–Kier alpha value is -2.67. The molecule has 5 rings (SSSR count). The fourth-order valence-corrected chi connectivity index (χ4v) is 4.92. The summed E-state index contributed by atoms with van der Waals surface area (Å²) in [6, 6.07) is 10.1. The molecule has 3 saturated heterocycles. The van der Waals surface area contributed by atoms with Crippen LogP contribution in [0.3, 0.4) is 0 Å². The summed E-state index contributed by atoms with van der Waals surface area (Å²) < 4.78 is 11.1. The van der Waals surface area contributed by atoms with Gasteiger partial charge in [0.15, 0.2) is 12.1 Å². The van der Waals surface area contributed by atoms with Crippen molar-refractivity contribution in [2.24, 2.45) is 5.41 Å². The summed E-state index contributed by atoms with van der Waals surface area (Å²) in [6.07, 6.45) is 5.28. The summed E-state index contributed by atoms with van der Waals surface area (Å²) in [5.41, 5.74) is 0.785. The van der Waals surface area contributed by atoms with E-state index >= 15 is 0 Å². The number of amides is 2. The molecule has 3 atom stereocenters. The van der Waals surface area contributed by atoms with E-state index in [9.17, 15) is 9.59 Å². The van der Waals surface area contributed by atoms with Crippen molar-refractivity contribution < 1.29 is 18.7 Å². The Morgan fingerprint density at radius 3 is 2.66 bits per heavy atom. The molecular formula is C22H25N3O4. The SMILES string of the molecule is Cc1ocnc1C(=O)N1CC(Cc2ccccc2)(C(=O)N[C@@H]2C[C@@H]3CC[C@H]2O3)C1. The smallest absolute Gasteiger partial charge is 0.276 e. The van der Waals surface area contributed by atoms with E-state index in [0.29, 0.717) is 31.0 Å². The van der Waals surface area contributed by atoms with E-state index in [4.69, 9.17) is 9.15 Å². The van der Waals surface area contributed by atoms with Crippen LogP contribution in [0.1, 0.15) is 41.1 Å². The number of ether oxygens (including phenoxy) is 1. The van der Waals surface area contributed by atoms with Gasteiger partial charge in [0.25, 0.3) is 5.91 Å². The van der Waals surface area contributed by atoms with E-state index in [1.807, 2.05) is 30.3 Å². The molecule has 152 valence electrons. The van der Waals surface area contributed by atoms with E-state index in [2.05, 4.69) is 10.3 Å². The number of nitrogens with zero attached hydrogens (tertiary/aromatic N) is 2. The van der Waals surface area contributed by atoms with Crippen molar-refractivity contribution in [2.45, 2.75) is 50.9 Å². The molecule has 0 spiro atoms. The monoisotopic (exact) mass is 395 g/mol. The van der Waals surface area contributed by atoms with Gasteiger partial charge in [0, 0.05) is 13.1 Å². The lowest BCUT2D eigenvalue weighted by Crippen LogP contribution is -2.66. The van der Waals surface area contributed by atoms with Crippen LogP contribution in [0.15, 0.2) is 41.1 Å². The van der Waals surface area contributed by atoms with E-state index in [-0.39, 0.29) is 30.1 Å². The molecule has 3 fully saturated rings. The van der Waals surface area contributed by atoms with E-state index < -0.39 is 5.41 Å². The predicted octanol–water partition coefficient (Wildman–Crippen LogP) is 2.10. The van der Waals surface area contributed by atoms with Crippen LogP contribution in [-0.4, -0.2) is 53.0 Å². The first-order valence-corrected chi connectivity index (χ1v) is 10.2. The molecule has 29 heavy (non-hydrogen) atoms. The number of carbonyl (C=O) groups is 2. The number of carbonyl (C=O) groups excluding carboxylic acids is 2. The van der Waals surface area contributed by atoms with Crippen LogP contribution in [0.4, 0.5) is 0 Å². The fraction of sp³-hybridized carbons (Fsp3) is 0.500. The Labute approximate surface area is 169 Å². The van der Waals surface area contributed by atoms with Gasteiger partial charge in [0.2, 0.25) is 5.91 Å². The number of rotatable bonds is 5. The second-order valence-electron chi connectivity index (χ2n) is 8.55. The van der Waals surface area contributed by atoms with Gasteiger partial charge in [-0.05, 0) is 38.2 Å². The molecule has 1 aromatic carbocycles. The summed E-state index contributed by atoms with van der Waals surface area (Å²) in [4.78, 5) is 31.9. The second-order valence-corrected chi connectivity index (χ2v) is 8.55. The number of likely N-dealkylation sites (tertiary alicyclic amines) is 1. The Bertz CT molecular complexity index is 919. The Balaban J connectivity index is 1.33. The Kier molecular flexibility index (Phi) is 4.42. The molecular weight excluding hydrogens is 370 g/mol. The van der Waals surface area contributed by atoms with Gasteiger partial charge in [0.1, 0.15) is 5.76 Å². The van der Waals surface area contributed by atoms with Crippen molar-refractivity contribution in [1.82, 2.24) is 15.2 Å². The predicted molar refractivity (Wildman–Crippen MR) is 104 cm³/mol. The largest absolute Gasteiger partial charge is 0.448 e. The quantitative estimate of drug-likeness (QED) is 0.838. The van der Waals surface area contributed by atoms with Crippen molar-refractivity contribution in [3.05, 3.63) is 53.7 Å². The summed E-state index contributed by atoms with van der Waals surface area (Å²) in [5.74, 6) is 0.332. The summed E-state index contributed by atoms with van der Waals surface area (Å²) in [5, 5.41) is 3.24. The lowest BCUT2D eigenvalue weighted by atomic mass is 9.73. The number of aryl methyl sites for hydroxylation is 1. The maximum atomic E-state index is 13.4. The minimum Gasteiger partial charge on any atom is -0.448 e. The number of hydrogen-bond donors (Lipinski definition) is 1. The van der Waals surface area contributed by atoms with E-state index in [1.54, 1.807) is 11.8 Å². The van der Waals surface area contributed by atoms with Crippen LogP contribution in [0.2, 0.25) is 0 Å². The standard InChI is InChI=1S/C22H25N3O4/c1-14-19(23-13-28-14)20(26)25-11-22(12-25,10-15-5-3-2-4-6-15)21(27)24-17-9-16-7-8-18(17)29-16/h2-6,13,16-18H,7-12H2,1H3,(H,24,27)/t16-,17+,18+/m0/s1. The highest BCUT2D eigenvalue weighted by atomic mass is 16.5. The number of benzene rings is 1. The second kappa shape index (κ2) is 6.99. The number of fused-ring (bicyclic) bond motifs is 2. The topological polar surface area (TPSA) is 84.7 Å². The number of hydrogen-bond acceptors (Lipinski definition) is 5. The first-order valence-electron chi connectivity index (χ1n) is 10.2. The van der Waals surface area contributed by atoms with Gasteiger partial charge in [-0.3, -0.25) is 9.59 Å². The molecule has 0 aliphatic carbocycles. The summed E-state index contributed by atoms with van der Waals surface area (Å²) in [6.45, 7) is 2.47. The molecule has 3 aliphatic heterocycles. The van der Waals surface area contributed by atoms with Crippen LogP contribution in [0, 0.1) is 12.3 Å². The van der Waals surface area contributed by atoms with Gasteiger partial charge in [-0.25, -0.2) is 4.98 Å². The lowest BCUT2D eigenvalue weighted by Gasteiger charge is -2.49. The fourth-order valence-electron chi connectivity index (χ4n) is 4.92. The summed E-state index contributed by atoms with van der Waals surface area (Å²) >= 11 is 0. The molecule has 1 aromatic heterocycles. The zero-order valence-electron chi connectivity index (χ0n) is 16.5. The highest BCUT2D eigenvalue weighted by Crippen LogP contribution is 2.38. The minimum absolute atomic E-state index is 0.0171. The van der Waals surface area contributed by atoms with Gasteiger partial charge in [-0.1, -0.05) is 30.3 Å². The minimum atomic E-state index is -0.628. The maximum Gasteiger partial charge on any atom is 0.276 e. The average molecular weight is 395 g/mol. The zero-order chi connectivity index (χ0) is 20.0. The first-order chi connectivity index (χ1) is 14.0. The van der Waals surface area contributed by atoms with Gasteiger partial charge in [0.05, 0.1) is 23.7 Å². The van der Waals surface area contributed by atoms with Crippen molar-refractivity contribution in [1.29, 1.82) is 0 Å². The average Bonchev–Trinajstić information content (AvgIpc) is 3.41. The van der Waals surface area contributed by atoms with Crippen LogP contribution in [0.5, 0.6) is 0 Å². The maximum absolute atomic E-state index is 13.4. The third-order valence-corrected chi connectivity index (χ3v) is 6.51.